The van der Waals surface area contributed by atoms with E-state index in [2.05, 4.69) is 0 Å². The van der Waals surface area contributed by atoms with Crippen LogP contribution >= 0.6 is 0 Å². The third kappa shape index (κ3) is 3.17. The summed E-state index contributed by atoms with van der Waals surface area (Å²) >= 11 is 0. The molecular weight excluding hydrogens is 242 g/mol. The number of hydrogen-bond donors (Lipinski definition) is 1. The normalized spacial score (nSPS) is 9.68. The predicted octanol–water partition coefficient (Wildman–Crippen LogP) is 3.14. The summed E-state index contributed by atoms with van der Waals surface area (Å²) in [5.74, 6) is 1.38. The van der Waals surface area contributed by atoms with Crippen molar-refractivity contribution in [3.63, 3.8) is 0 Å². The number of benzene rings is 2. The quantitative estimate of drug-likeness (QED) is 0.852. The number of ether oxygens (including phenoxy) is 2. The molecule has 0 aromatic heterocycles. The van der Waals surface area contributed by atoms with Crippen molar-refractivity contribution in [2.75, 3.05) is 0 Å². The second-order valence-corrected chi connectivity index (χ2v) is 4.04. The van der Waals surface area contributed by atoms with Crippen molar-refractivity contribution in [2.24, 2.45) is 0 Å². The SMILES string of the molecule is Cc1cc(O)ccc1OCc1ccccc1OC#N. The molecule has 0 saturated carbocycles. The number of aromatic hydroxyl groups is 1. The first-order chi connectivity index (χ1) is 9.20. The Hall–Kier alpha value is -2.67. The Morgan fingerprint density at radius 1 is 1.16 bits per heavy atom. The van der Waals surface area contributed by atoms with Crippen molar-refractivity contribution < 1.29 is 14.6 Å². The van der Waals surface area contributed by atoms with Gasteiger partial charge in [-0.1, -0.05) is 18.2 Å². The highest BCUT2D eigenvalue weighted by Crippen LogP contribution is 2.25. The summed E-state index contributed by atoms with van der Waals surface area (Å²) in [5, 5.41) is 17.9. The first-order valence-electron chi connectivity index (χ1n) is 5.77. The van der Waals surface area contributed by atoms with Gasteiger partial charge in [0.1, 0.15) is 23.9 Å². The maximum absolute atomic E-state index is 9.33. The summed E-state index contributed by atoms with van der Waals surface area (Å²) < 4.78 is 10.5. The predicted molar refractivity (Wildman–Crippen MR) is 69.9 cm³/mol. The lowest BCUT2D eigenvalue weighted by Crippen LogP contribution is -1.99. The largest absolute Gasteiger partial charge is 0.508 e. The molecule has 0 aliphatic carbocycles. The highest BCUT2D eigenvalue weighted by atomic mass is 16.5. The smallest absolute Gasteiger partial charge is 0.292 e. The fourth-order valence-corrected chi connectivity index (χ4v) is 1.72. The monoisotopic (exact) mass is 255 g/mol. The van der Waals surface area contributed by atoms with Crippen molar-refractivity contribution in [3.8, 4) is 23.5 Å². The summed E-state index contributed by atoms with van der Waals surface area (Å²) in [7, 11) is 0. The number of para-hydroxylation sites is 1. The maximum Gasteiger partial charge on any atom is 0.292 e. The van der Waals surface area contributed by atoms with Gasteiger partial charge in [0.05, 0.1) is 0 Å². The molecule has 4 nitrogen and oxygen atoms in total. The standard InChI is InChI=1S/C15H13NO3/c1-11-8-13(17)6-7-14(11)18-9-12-4-2-3-5-15(12)19-10-16/h2-8,17H,9H2,1H3. The van der Waals surface area contributed by atoms with Gasteiger partial charge in [-0.2, -0.15) is 0 Å². The highest BCUT2D eigenvalue weighted by Gasteiger charge is 2.06. The molecule has 96 valence electrons. The number of nitrogens with zero attached hydrogens (tertiary/aromatic N) is 1. The molecule has 0 saturated heterocycles. The average Bonchev–Trinajstić information content (AvgIpc) is 2.40. The third-order valence-electron chi connectivity index (χ3n) is 2.67. The van der Waals surface area contributed by atoms with Gasteiger partial charge in [0.25, 0.3) is 6.26 Å². The molecule has 2 aromatic rings. The van der Waals surface area contributed by atoms with E-state index in [0.29, 0.717) is 18.1 Å². The topological polar surface area (TPSA) is 62.5 Å². The van der Waals surface area contributed by atoms with Gasteiger partial charge in [-0.3, -0.25) is 0 Å². The molecule has 0 radical (unpaired) electrons. The lowest BCUT2D eigenvalue weighted by atomic mass is 10.2. The molecular formula is C15H13NO3. The van der Waals surface area contributed by atoms with Crippen LogP contribution in [0.4, 0.5) is 0 Å². The fraction of sp³-hybridized carbons (Fsp3) is 0.133. The molecule has 0 aliphatic heterocycles. The summed E-state index contributed by atoms with van der Waals surface area (Å²) in [6.45, 7) is 2.15. The van der Waals surface area contributed by atoms with Crippen molar-refractivity contribution in [1.82, 2.24) is 0 Å². The van der Waals surface area contributed by atoms with Gasteiger partial charge in [-0.05, 0) is 36.8 Å². The zero-order valence-corrected chi connectivity index (χ0v) is 10.5. The molecule has 0 amide bonds. The average molecular weight is 255 g/mol. The molecule has 19 heavy (non-hydrogen) atoms. The molecule has 4 heteroatoms. The number of hydrogen-bond acceptors (Lipinski definition) is 4. The first-order valence-corrected chi connectivity index (χ1v) is 5.77. The van der Waals surface area contributed by atoms with E-state index in [-0.39, 0.29) is 5.75 Å². The Morgan fingerprint density at radius 2 is 1.95 bits per heavy atom. The van der Waals surface area contributed by atoms with E-state index < -0.39 is 0 Å². The van der Waals surface area contributed by atoms with Crippen LogP contribution < -0.4 is 9.47 Å². The van der Waals surface area contributed by atoms with Crippen molar-refractivity contribution in [3.05, 3.63) is 53.6 Å². The lowest BCUT2D eigenvalue weighted by Gasteiger charge is -2.11. The van der Waals surface area contributed by atoms with Gasteiger partial charge < -0.3 is 14.6 Å². The van der Waals surface area contributed by atoms with E-state index in [9.17, 15) is 5.11 Å². The van der Waals surface area contributed by atoms with Crippen LogP contribution in [0.2, 0.25) is 0 Å². The van der Waals surface area contributed by atoms with Gasteiger partial charge in [0.2, 0.25) is 0 Å². The van der Waals surface area contributed by atoms with Gasteiger partial charge in [0, 0.05) is 5.56 Å². The van der Waals surface area contributed by atoms with E-state index in [4.69, 9.17) is 14.7 Å². The van der Waals surface area contributed by atoms with E-state index in [1.165, 1.54) is 0 Å². The van der Waals surface area contributed by atoms with Crippen molar-refractivity contribution in [2.45, 2.75) is 13.5 Å². The van der Waals surface area contributed by atoms with Crippen molar-refractivity contribution in [1.29, 1.82) is 5.26 Å². The Kier molecular flexibility index (Phi) is 3.89. The molecule has 0 unspecified atom stereocenters. The lowest BCUT2D eigenvalue weighted by molar-refractivity contribution is 0.298. The van der Waals surface area contributed by atoms with Gasteiger partial charge >= 0.3 is 0 Å². The molecule has 0 bridgehead atoms. The molecule has 2 rings (SSSR count). The maximum atomic E-state index is 9.33. The minimum Gasteiger partial charge on any atom is -0.508 e. The Morgan fingerprint density at radius 3 is 2.68 bits per heavy atom. The van der Waals surface area contributed by atoms with Gasteiger partial charge in [0.15, 0.2) is 0 Å². The summed E-state index contributed by atoms with van der Waals surface area (Å²) in [4.78, 5) is 0. The number of phenolic OH excluding ortho intramolecular Hbond substituents is 1. The molecule has 0 fully saturated rings. The zero-order valence-electron chi connectivity index (χ0n) is 10.5. The first kappa shape index (κ1) is 12.8. The molecule has 0 spiro atoms. The molecule has 0 atom stereocenters. The molecule has 0 aliphatic rings. The number of rotatable bonds is 4. The van der Waals surface area contributed by atoms with E-state index in [1.807, 2.05) is 19.1 Å². The van der Waals surface area contributed by atoms with Crippen molar-refractivity contribution >= 4 is 0 Å². The molecule has 0 heterocycles. The van der Waals surface area contributed by atoms with Gasteiger partial charge in [-0.15, -0.1) is 5.26 Å². The summed E-state index contributed by atoms with van der Waals surface area (Å²) in [6.07, 6.45) is 1.65. The fourth-order valence-electron chi connectivity index (χ4n) is 1.72. The van der Waals surface area contributed by atoms with Crippen LogP contribution in [0, 0.1) is 18.4 Å². The van der Waals surface area contributed by atoms with Crippen LogP contribution in [0.25, 0.3) is 0 Å². The van der Waals surface area contributed by atoms with Crippen LogP contribution in [-0.4, -0.2) is 5.11 Å². The molecule has 1 N–H and O–H groups in total. The van der Waals surface area contributed by atoms with Crippen LogP contribution in [0.5, 0.6) is 17.2 Å². The number of nitriles is 1. The summed E-state index contributed by atoms with van der Waals surface area (Å²) in [6, 6.07) is 12.1. The highest BCUT2D eigenvalue weighted by molar-refractivity contribution is 5.39. The third-order valence-corrected chi connectivity index (χ3v) is 2.67. The molecule has 2 aromatic carbocycles. The minimum atomic E-state index is 0.207. The van der Waals surface area contributed by atoms with Crippen LogP contribution in [0.1, 0.15) is 11.1 Å². The zero-order chi connectivity index (χ0) is 13.7. The van der Waals surface area contributed by atoms with Crippen LogP contribution in [-0.2, 0) is 6.61 Å². The second-order valence-electron chi connectivity index (χ2n) is 4.04. The van der Waals surface area contributed by atoms with E-state index in [1.54, 1.807) is 36.6 Å². The Balaban J connectivity index is 2.12. The summed E-state index contributed by atoms with van der Waals surface area (Å²) in [5.41, 5.74) is 1.63. The van der Waals surface area contributed by atoms with E-state index in [0.717, 1.165) is 11.1 Å². The second kappa shape index (κ2) is 5.78. The van der Waals surface area contributed by atoms with Gasteiger partial charge in [-0.25, -0.2) is 0 Å². The van der Waals surface area contributed by atoms with E-state index >= 15 is 0 Å². The Bertz CT molecular complexity index is 617. The number of phenols is 1. The minimum absolute atomic E-state index is 0.207. The van der Waals surface area contributed by atoms with Crippen LogP contribution in [0.3, 0.4) is 0 Å². The Labute approximate surface area is 111 Å². The number of aryl methyl sites for hydroxylation is 1. The van der Waals surface area contributed by atoms with Crippen LogP contribution in [0.15, 0.2) is 42.5 Å².